The molecule has 2 heterocycles. The van der Waals surface area contributed by atoms with E-state index in [4.69, 9.17) is 16.3 Å². The molecule has 25 heavy (non-hydrogen) atoms. The Morgan fingerprint density at radius 3 is 2.68 bits per heavy atom. The maximum Gasteiger partial charge on any atom is 0.289 e. The van der Waals surface area contributed by atoms with Crippen molar-refractivity contribution in [1.29, 1.82) is 0 Å². The van der Waals surface area contributed by atoms with E-state index in [2.05, 4.69) is 31.8 Å². The number of ether oxygens (including phenoxy) is 1. The summed E-state index contributed by atoms with van der Waals surface area (Å²) in [7, 11) is 0. The first-order valence-corrected chi connectivity index (χ1v) is 8.32. The number of hydrogen-bond acceptors (Lipinski definition) is 4. The number of carbonyl (C=O) groups excluding carboxylic acids is 2. The molecular formula is C16H12BrClN4O3. The van der Waals surface area contributed by atoms with E-state index in [-0.39, 0.29) is 17.5 Å². The first-order valence-electron chi connectivity index (χ1n) is 7.15. The maximum atomic E-state index is 12.2. The second-order valence-corrected chi connectivity index (χ2v) is 6.20. The minimum absolute atomic E-state index is 0.0454. The predicted octanol–water partition coefficient (Wildman–Crippen LogP) is 2.59. The van der Waals surface area contributed by atoms with Crippen LogP contribution in [-0.2, 0) is 4.79 Å². The zero-order valence-electron chi connectivity index (χ0n) is 12.7. The summed E-state index contributed by atoms with van der Waals surface area (Å²) in [5.74, 6) is -0.559. The van der Waals surface area contributed by atoms with Crippen LogP contribution in [0.3, 0.4) is 0 Å². The number of aromatic nitrogens is 2. The Morgan fingerprint density at radius 2 is 1.92 bits per heavy atom. The number of amides is 2. The van der Waals surface area contributed by atoms with Gasteiger partial charge in [-0.1, -0.05) is 33.6 Å². The van der Waals surface area contributed by atoms with Crippen molar-refractivity contribution in [1.82, 2.24) is 20.2 Å². The fraction of sp³-hybridized carbons (Fsp3) is 0.0625. The lowest BCUT2D eigenvalue weighted by atomic mass is 10.3. The average Bonchev–Trinajstić information content (AvgIpc) is 2.95. The van der Waals surface area contributed by atoms with E-state index in [1.165, 1.54) is 4.40 Å². The summed E-state index contributed by atoms with van der Waals surface area (Å²) in [5, 5.41) is 0.0454. The van der Waals surface area contributed by atoms with Gasteiger partial charge < -0.3 is 4.74 Å². The van der Waals surface area contributed by atoms with Crippen LogP contribution in [0, 0.1) is 0 Å². The van der Waals surface area contributed by atoms with E-state index in [0.717, 1.165) is 4.47 Å². The minimum atomic E-state index is -0.583. The molecule has 7 nitrogen and oxygen atoms in total. The highest BCUT2D eigenvalue weighted by Crippen LogP contribution is 2.17. The third-order valence-electron chi connectivity index (χ3n) is 3.20. The zero-order valence-corrected chi connectivity index (χ0v) is 15.0. The topological polar surface area (TPSA) is 84.7 Å². The lowest BCUT2D eigenvalue weighted by Crippen LogP contribution is -2.44. The SMILES string of the molecule is O=C(COc1ccc(Br)cc1)NNC(=O)c1c(Cl)nc2ccccn12. The summed E-state index contributed by atoms with van der Waals surface area (Å²) in [4.78, 5) is 28.1. The molecule has 0 saturated heterocycles. The lowest BCUT2D eigenvalue weighted by molar-refractivity contribution is -0.123. The van der Waals surface area contributed by atoms with Gasteiger partial charge >= 0.3 is 0 Å². The molecule has 0 radical (unpaired) electrons. The summed E-state index contributed by atoms with van der Waals surface area (Å²) >= 11 is 9.31. The Labute approximate surface area is 156 Å². The molecule has 2 N–H and O–H groups in total. The van der Waals surface area contributed by atoms with Crippen LogP contribution >= 0.6 is 27.5 Å². The van der Waals surface area contributed by atoms with E-state index in [9.17, 15) is 9.59 Å². The van der Waals surface area contributed by atoms with Gasteiger partial charge in [0.15, 0.2) is 17.5 Å². The van der Waals surface area contributed by atoms with Crippen molar-refractivity contribution in [2.75, 3.05) is 6.61 Å². The molecule has 0 aliphatic heterocycles. The molecule has 1 aromatic carbocycles. The normalized spacial score (nSPS) is 10.5. The predicted molar refractivity (Wildman–Crippen MR) is 95.4 cm³/mol. The van der Waals surface area contributed by atoms with Crippen LogP contribution < -0.4 is 15.6 Å². The first-order chi connectivity index (χ1) is 12.0. The molecule has 0 unspecified atom stereocenters. The smallest absolute Gasteiger partial charge is 0.289 e. The van der Waals surface area contributed by atoms with Gasteiger partial charge in [-0.05, 0) is 36.4 Å². The number of pyridine rings is 1. The molecule has 2 aromatic heterocycles. The van der Waals surface area contributed by atoms with Gasteiger partial charge in [-0.15, -0.1) is 0 Å². The van der Waals surface area contributed by atoms with Crippen LogP contribution in [0.4, 0.5) is 0 Å². The van der Waals surface area contributed by atoms with Gasteiger partial charge in [0.2, 0.25) is 0 Å². The van der Waals surface area contributed by atoms with Crippen molar-refractivity contribution in [3.63, 3.8) is 0 Å². The van der Waals surface area contributed by atoms with E-state index in [1.807, 2.05) is 0 Å². The third-order valence-corrected chi connectivity index (χ3v) is 3.99. The second kappa shape index (κ2) is 7.54. The largest absolute Gasteiger partial charge is 0.484 e. The summed E-state index contributed by atoms with van der Waals surface area (Å²) in [5.41, 5.74) is 5.22. The molecule has 0 aliphatic rings. The van der Waals surface area contributed by atoms with Crippen LogP contribution in [0.1, 0.15) is 10.5 Å². The van der Waals surface area contributed by atoms with Gasteiger partial charge in [-0.2, -0.15) is 0 Å². The van der Waals surface area contributed by atoms with Gasteiger partial charge in [0.1, 0.15) is 11.4 Å². The Hall–Kier alpha value is -2.58. The summed E-state index contributed by atoms with van der Waals surface area (Å²) in [6, 6.07) is 12.3. The van der Waals surface area contributed by atoms with E-state index in [1.54, 1.807) is 48.7 Å². The molecule has 0 bridgehead atoms. The van der Waals surface area contributed by atoms with Crippen molar-refractivity contribution in [2.45, 2.75) is 0 Å². The number of benzene rings is 1. The number of rotatable bonds is 4. The molecule has 0 fully saturated rings. The quantitative estimate of drug-likeness (QED) is 0.632. The summed E-state index contributed by atoms with van der Waals surface area (Å²) < 4.78 is 7.75. The number of hydrogen-bond donors (Lipinski definition) is 2. The Kier molecular flexibility index (Phi) is 5.20. The Morgan fingerprint density at radius 1 is 1.16 bits per heavy atom. The molecule has 0 aliphatic carbocycles. The van der Waals surface area contributed by atoms with Crippen molar-refractivity contribution in [2.24, 2.45) is 0 Å². The van der Waals surface area contributed by atoms with Crippen molar-refractivity contribution in [3.05, 3.63) is 64.0 Å². The second-order valence-electron chi connectivity index (χ2n) is 4.92. The number of nitrogens with one attached hydrogen (secondary N) is 2. The van der Waals surface area contributed by atoms with E-state index in [0.29, 0.717) is 11.4 Å². The standard InChI is InChI=1S/C16H12BrClN4O3/c17-10-4-6-11(7-5-10)25-9-13(23)20-21-16(24)14-15(18)19-12-3-1-2-8-22(12)14/h1-8H,9H2,(H,20,23)(H,21,24). The highest BCUT2D eigenvalue weighted by atomic mass is 79.9. The molecular weight excluding hydrogens is 412 g/mol. The zero-order chi connectivity index (χ0) is 17.8. The molecule has 9 heteroatoms. The van der Waals surface area contributed by atoms with Crippen LogP contribution in [0.25, 0.3) is 5.65 Å². The average molecular weight is 424 g/mol. The molecule has 0 spiro atoms. The minimum Gasteiger partial charge on any atom is -0.484 e. The van der Waals surface area contributed by atoms with Crippen LogP contribution in [0.2, 0.25) is 5.15 Å². The number of carbonyl (C=O) groups is 2. The van der Waals surface area contributed by atoms with Crippen LogP contribution in [0.15, 0.2) is 53.1 Å². The number of fused-ring (bicyclic) bond motifs is 1. The monoisotopic (exact) mass is 422 g/mol. The number of nitrogens with zero attached hydrogens (tertiary/aromatic N) is 2. The van der Waals surface area contributed by atoms with Crippen molar-refractivity contribution < 1.29 is 14.3 Å². The Balaban J connectivity index is 1.57. The van der Waals surface area contributed by atoms with Gasteiger partial charge in [0.25, 0.3) is 11.8 Å². The van der Waals surface area contributed by atoms with Gasteiger partial charge in [0, 0.05) is 10.7 Å². The maximum absolute atomic E-state index is 12.2. The fourth-order valence-electron chi connectivity index (χ4n) is 2.07. The highest BCUT2D eigenvalue weighted by Gasteiger charge is 2.18. The summed E-state index contributed by atoms with van der Waals surface area (Å²) in [6.07, 6.45) is 1.65. The van der Waals surface area contributed by atoms with Gasteiger partial charge in [0.05, 0.1) is 0 Å². The van der Waals surface area contributed by atoms with Crippen LogP contribution in [0.5, 0.6) is 5.75 Å². The molecule has 0 saturated carbocycles. The Bertz CT molecular complexity index is 927. The van der Waals surface area contributed by atoms with Gasteiger partial charge in [-0.25, -0.2) is 4.98 Å². The lowest BCUT2D eigenvalue weighted by Gasteiger charge is -2.09. The van der Waals surface area contributed by atoms with E-state index < -0.39 is 11.8 Å². The molecule has 3 aromatic rings. The van der Waals surface area contributed by atoms with Crippen LogP contribution in [-0.4, -0.2) is 27.8 Å². The third kappa shape index (κ3) is 4.09. The van der Waals surface area contributed by atoms with Gasteiger partial charge in [-0.3, -0.25) is 24.8 Å². The molecule has 3 rings (SSSR count). The molecule has 128 valence electrons. The number of imidazole rings is 1. The number of hydrazine groups is 1. The van der Waals surface area contributed by atoms with Crippen molar-refractivity contribution in [3.8, 4) is 5.75 Å². The fourth-order valence-corrected chi connectivity index (χ4v) is 2.60. The first kappa shape index (κ1) is 17.2. The highest BCUT2D eigenvalue weighted by molar-refractivity contribution is 9.10. The summed E-state index contributed by atoms with van der Waals surface area (Å²) in [6.45, 7) is -0.247. The number of halogens is 2. The van der Waals surface area contributed by atoms with Crippen molar-refractivity contribution >= 4 is 45.0 Å². The molecule has 0 atom stereocenters. The molecule has 2 amide bonds. The van der Waals surface area contributed by atoms with E-state index >= 15 is 0 Å².